The number of aromatic hydroxyl groups is 1. The van der Waals surface area contributed by atoms with Crippen molar-refractivity contribution in [2.45, 2.75) is 71.6 Å². The first-order valence-electron chi connectivity index (χ1n) is 17.2. The Morgan fingerprint density at radius 2 is 1.29 bits per heavy atom. The third-order valence-corrected chi connectivity index (χ3v) is 10.5. The van der Waals surface area contributed by atoms with Crippen LogP contribution in [0.25, 0.3) is 43.7 Å². The van der Waals surface area contributed by atoms with Gasteiger partial charge in [-0.1, -0.05) is 128 Å². The molecule has 8 rings (SSSR count). The smallest absolute Gasteiger partial charge is 0.149 e. The number of aromatic nitrogens is 2. The van der Waals surface area contributed by atoms with E-state index >= 15 is 0 Å². The maximum absolute atomic E-state index is 11.6. The van der Waals surface area contributed by atoms with Crippen LogP contribution in [0.4, 0.5) is 17.2 Å². The highest BCUT2D eigenvalue weighted by molar-refractivity contribution is 6.17. The van der Waals surface area contributed by atoms with E-state index in [0.29, 0.717) is 5.52 Å². The minimum atomic E-state index is -0.265. The van der Waals surface area contributed by atoms with E-state index in [2.05, 4.69) is 139 Å². The maximum atomic E-state index is 11.6. The number of pyridine rings is 2. The Morgan fingerprint density at radius 1 is 0.612 bits per heavy atom. The SMILES string of the molecule is CC(C)(C)c1ccnc(N2c3cc(-c4nc5c(O)c6ccccc6cc5c5ccccc45)ccc3C(C)(C)c3cc(C(C)(C)C)ccc32)c1. The van der Waals surface area contributed by atoms with Gasteiger partial charge in [0.2, 0.25) is 0 Å². The summed E-state index contributed by atoms with van der Waals surface area (Å²) in [4.78, 5) is 12.6. The summed E-state index contributed by atoms with van der Waals surface area (Å²) in [7, 11) is 0. The summed E-state index contributed by atoms with van der Waals surface area (Å²) in [6.07, 6.45) is 1.94. The van der Waals surface area contributed by atoms with E-state index in [-0.39, 0.29) is 22.0 Å². The van der Waals surface area contributed by atoms with Crippen LogP contribution in [-0.2, 0) is 16.2 Å². The minimum absolute atomic E-state index is 0.0180. The molecule has 0 unspecified atom stereocenters. The molecule has 0 saturated carbocycles. The summed E-state index contributed by atoms with van der Waals surface area (Å²) in [6, 6.07) is 36.6. The number of hydrogen-bond donors (Lipinski definition) is 1. The van der Waals surface area contributed by atoms with Crippen LogP contribution in [0.3, 0.4) is 0 Å². The van der Waals surface area contributed by atoms with Gasteiger partial charge in [0.1, 0.15) is 17.1 Å². The molecular weight excluding hydrogens is 599 g/mol. The van der Waals surface area contributed by atoms with Crippen molar-refractivity contribution in [3.05, 3.63) is 132 Å². The van der Waals surface area contributed by atoms with Gasteiger partial charge in [-0.2, -0.15) is 0 Å². The molecule has 0 fully saturated rings. The van der Waals surface area contributed by atoms with E-state index in [1.54, 1.807) is 0 Å². The second kappa shape index (κ2) is 10.6. The van der Waals surface area contributed by atoms with Gasteiger partial charge in [0.25, 0.3) is 0 Å². The van der Waals surface area contributed by atoms with Crippen molar-refractivity contribution >= 4 is 49.6 Å². The molecule has 0 atom stereocenters. The number of phenols is 1. The highest BCUT2D eigenvalue weighted by Crippen LogP contribution is 2.53. The maximum Gasteiger partial charge on any atom is 0.149 e. The predicted molar refractivity (Wildman–Crippen MR) is 206 cm³/mol. The monoisotopic (exact) mass is 641 g/mol. The number of rotatable bonds is 2. The molecule has 1 aliphatic rings. The Bertz CT molecular complexity index is 2460. The molecule has 1 aliphatic heterocycles. The van der Waals surface area contributed by atoms with E-state index in [0.717, 1.165) is 55.4 Å². The van der Waals surface area contributed by atoms with Crippen LogP contribution in [0, 0.1) is 0 Å². The lowest BCUT2D eigenvalue weighted by atomic mass is 9.71. The lowest BCUT2D eigenvalue weighted by molar-refractivity contribution is 0.486. The summed E-state index contributed by atoms with van der Waals surface area (Å²) in [5.41, 5.74) is 9.47. The van der Waals surface area contributed by atoms with Crippen LogP contribution < -0.4 is 4.90 Å². The Kier molecular flexibility index (Phi) is 6.75. The third kappa shape index (κ3) is 4.88. The van der Waals surface area contributed by atoms with Crippen molar-refractivity contribution in [3.63, 3.8) is 0 Å². The average molecular weight is 642 g/mol. The van der Waals surface area contributed by atoms with Crippen molar-refractivity contribution in [1.29, 1.82) is 0 Å². The van der Waals surface area contributed by atoms with Gasteiger partial charge in [0.05, 0.1) is 17.1 Å². The first-order chi connectivity index (χ1) is 23.2. The van der Waals surface area contributed by atoms with Gasteiger partial charge in [0.15, 0.2) is 0 Å². The van der Waals surface area contributed by atoms with E-state index in [1.165, 1.54) is 22.3 Å². The fourth-order valence-corrected chi connectivity index (χ4v) is 7.57. The summed E-state index contributed by atoms with van der Waals surface area (Å²) >= 11 is 0. The molecule has 4 nitrogen and oxygen atoms in total. The molecule has 0 spiro atoms. The average Bonchev–Trinajstić information content (AvgIpc) is 3.07. The molecule has 244 valence electrons. The second-order valence-corrected chi connectivity index (χ2v) is 16.2. The molecule has 0 aliphatic carbocycles. The molecule has 1 N–H and O–H groups in total. The minimum Gasteiger partial charge on any atom is -0.505 e. The van der Waals surface area contributed by atoms with Crippen LogP contribution in [0.5, 0.6) is 5.75 Å². The Hall–Kier alpha value is -5.22. The first-order valence-corrected chi connectivity index (χ1v) is 17.2. The van der Waals surface area contributed by atoms with Gasteiger partial charge < -0.3 is 5.11 Å². The summed E-state index contributed by atoms with van der Waals surface area (Å²) < 4.78 is 0. The molecule has 4 heteroatoms. The lowest BCUT2D eigenvalue weighted by Gasteiger charge is -2.42. The van der Waals surface area contributed by atoms with Gasteiger partial charge in [-0.25, -0.2) is 9.97 Å². The Morgan fingerprint density at radius 3 is 2.02 bits per heavy atom. The summed E-state index contributed by atoms with van der Waals surface area (Å²) in [6.45, 7) is 18.2. The van der Waals surface area contributed by atoms with Gasteiger partial charge in [-0.15, -0.1) is 0 Å². The van der Waals surface area contributed by atoms with Crippen molar-refractivity contribution < 1.29 is 5.11 Å². The molecule has 7 aromatic rings. The van der Waals surface area contributed by atoms with Gasteiger partial charge >= 0.3 is 0 Å². The van der Waals surface area contributed by atoms with Crippen molar-refractivity contribution in [2.24, 2.45) is 0 Å². The molecule has 0 radical (unpaired) electrons. The highest BCUT2D eigenvalue weighted by Gasteiger charge is 2.39. The topological polar surface area (TPSA) is 49.2 Å². The highest BCUT2D eigenvalue weighted by atomic mass is 16.3. The van der Waals surface area contributed by atoms with Crippen LogP contribution in [0.2, 0.25) is 0 Å². The van der Waals surface area contributed by atoms with E-state index < -0.39 is 0 Å². The predicted octanol–water partition coefficient (Wildman–Crippen LogP) is 12.0. The molecular formula is C45H43N3O. The molecule has 0 bridgehead atoms. The molecule has 0 saturated heterocycles. The summed E-state index contributed by atoms with van der Waals surface area (Å²) in [5.74, 6) is 1.11. The van der Waals surface area contributed by atoms with Gasteiger partial charge in [-0.3, -0.25) is 4.90 Å². The molecule has 0 amide bonds. The van der Waals surface area contributed by atoms with Crippen LogP contribution in [0.15, 0.2) is 109 Å². The zero-order valence-electron chi connectivity index (χ0n) is 29.7. The number of phenolic OH excluding ortho intramolecular Hbond substituents is 1. The number of nitrogens with zero attached hydrogens (tertiary/aromatic N) is 3. The molecule has 5 aromatic carbocycles. The fraction of sp³-hybridized carbons (Fsp3) is 0.244. The fourth-order valence-electron chi connectivity index (χ4n) is 7.57. The quantitative estimate of drug-likeness (QED) is 0.151. The molecule has 49 heavy (non-hydrogen) atoms. The number of hydrogen-bond acceptors (Lipinski definition) is 4. The largest absolute Gasteiger partial charge is 0.505 e. The van der Waals surface area contributed by atoms with Gasteiger partial charge in [-0.05, 0) is 74.2 Å². The second-order valence-electron chi connectivity index (χ2n) is 16.2. The van der Waals surface area contributed by atoms with Crippen LogP contribution in [0.1, 0.15) is 77.6 Å². The van der Waals surface area contributed by atoms with Crippen molar-refractivity contribution in [2.75, 3.05) is 4.90 Å². The van der Waals surface area contributed by atoms with Crippen molar-refractivity contribution in [3.8, 4) is 17.0 Å². The van der Waals surface area contributed by atoms with Gasteiger partial charge in [0, 0.05) is 33.3 Å². The summed E-state index contributed by atoms with van der Waals surface area (Å²) in [5, 5.41) is 16.5. The number of fused-ring (bicyclic) bond motifs is 6. The standard InChI is InChI=1S/C45H43N3O/c1-43(2,3)29-18-20-37-36(25-29)45(7,8)35-19-17-28(24-38(35)48(37)39-26-30(21-22-46-39)44(4,5)6)40-33-16-12-11-15-32(33)34-23-27-13-9-10-14-31(27)42(49)41(34)47-40/h9-26,49H,1-8H3. The lowest BCUT2D eigenvalue weighted by Crippen LogP contribution is -2.32. The van der Waals surface area contributed by atoms with Crippen molar-refractivity contribution in [1.82, 2.24) is 9.97 Å². The zero-order valence-corrected chi connectivity index (χ0v) is 29.7. The Labute approximate surface area is 289 Å². The third-order valence-electron chi connectivity index (χ3n) is 10.5. The van der Waals surface area contributed by atoms with E-state index in [4.69, 9.17) is 9.97 Å². The normalized spacial score (nSPS) is 14.3. The Balaban J connectivity index is 1.42. The van der Waals surface area contributed by atoms with Crippen LogP contribution in [-0.4, -0.2) is 15.1 Å². The first kappa shape index (κ1) is 31.1. The van der Waals surface area contributed by atoms with Crippen LogP contribution >= 0.6 is 0 Å². The zero-order chi connectivity index (χ0) is 34.5. The van der Waals surface area contributed by atoms with E-state index in [1.807, 2.05) is 30.5 Å². The number of anilines is 3. The molecule has 3 heterocycles. The number of benzene rings is 5. The van der Waals surface area contributed by atoms with E-state index in [9.17, 15) is 5.11 Å². The molecule has 2 aromatic heterocycles.